The van der Waals surface area contributed by atoms with Gasteiger partial charge < -0.3 is 37.4 Å². The summed E-state index contributed by atoms with van der Waals surface area (Å²) in [6.45, 7) is 4.58. The van der Waals surface area contributed by atoms with Crippen LogP contribution >= 0.6 is 0 Å². The van der Waals surface area contributed by atoms with Crippen molar-refractivity contribution in [2.24, 2.45) is 5.73 Å². The van der Waals surface area contributed by atoms with Crippen LogP contribution in [0.25, 0.3) is 11.3 Å². The highest BCUT2D eigenvalue weighted by Gasteiger charge is 2.31. The molecule has 0 unspecified atom stereocenters. The van der Waals surface area contributed by atoms with Crippen molar-refractivity contribution < 1.29 is 47.3 Å². The number of nitrogens with zero attached hydrogens (tertiary/aromatic N) is 2. The van der Waals surface area contributed by atoms with Crippen LogP contribution in [0.4, 0.5) is 29.1 Å². The maximum atomic E-state index is 14.4. The number of aromatic hydroxyl groups is 1. The van der Waals surface area contributed by atoms with E-state index in [9.17, 15) is 32.3 Å². The summed E-state index contributed by atoms with van der Waals surface area (Å²) in [5, 5.41) is 37.3. The lowest BCUT2D eigenvalue weighted by atomic mass is 10.1. The van der Waals surface area contributed by atoms with Crippen LogP contribution in [-0.4, -0.2) is 54.6 Å². The Kier molecular flexibility index (Phi) is 13.7. The van der Waals surface area contributed by atoms with E-state index < -0.39 is 65.6 Å². The number of alkyl halides is 3. The average molecular weight is 656 g/mol. The molecule has 46 heavy (non-hydrogen) atoms. The van der Waals surface area contributed by atoms with E-state index in [1.807, 2.05) is 0 Å². The second-order valence-electron chi connectivity index (χ2n) is 9.71. The molecule has 3 rings (SSSR count). The van der Waals surface area contributed by atoms with E-state index in [1.54, 1.807) is 13.8 Å². The first kappa shape index (κ1) is 38.3. The third kappa shape index (κ3) is 12.1. The molecule has 0 bridgehead atoms. The van der Waals surface area contributed by atoms with Crippen LogP contribution in [0.1, 0.15) is 44.4 Å². The zero-order chi connectivity index (χ0) is 35.5. The zero-order valence-electron chi connectivity index (χ0n) is 25.0. The normalized spacial score (nSPS) is 10.5. The molecular formula is C28H33F4N7O7. The lowest BCUT2D eigenvalue weighted by Crippen LogP contribution is -2.35. The van der Waals surface area contributed by atoms with Crippen molar-refractivity contribution in [1.82, 2.24) is 14.9 Å². The van der Waals surface area contributed by atoms with Crippen LogP contribution in [0.2, 0.25) is 0 Å². The molecule has 1 heterocycles. The fourth-order valence-electron chi connectivity index (χ4n) is 3.56. The number of carbonyl (C=O) groups excluding carboxylic acids is 1. The van der Waals surface area contributed by atoms with E-state index >= 15 is 0 Å². The van der Waals surface area contributed by atoms with E-state index in [1.165, 1.54) is 6.07 Å². The summed E-state index contributed by atoms with van der Waals surface area (Å²) in [4.78, 5) is 47.9. The van der Waals surface area contributed by atoms with Gasteiger partial charge >= 0.3 is 6.18 Å². The minimum atomic E-state index is -4.72. The number of rotatable bonds is 8. The number of aliphatic carboxylic acids is 2. The molecular weight excluding hydrogens is 622 g/mol. The summed E-state index contributed by atoms with van der Waals surface area (Å²) in [5.41, 5.74) is 8.34. The zero-order valence-corrected chi connectivity index (χ0v) is 25.0. The number of halogens is 4. The monoisotopic (exact) mass is 655 g/mol. The SMILES string of the molecule is CC(=O)O.CC(=O)O.CC(C)Nc1ncc(-c2cc(N)cc(C(F)(F)F)c2)n(CC(=O)NCc2cc(O)c(C(=N)N)cc2F)c1=O. The Morgan fingerprint density at radius 2 is 1.63 bits per heavy atom. The molecule has 250 valence electrons. The van der Waals surface area contributed by atoms with Gasteiger partial charge in [-0.1, -0.05) is 0 Å². The standard InChI is InChI=1S/C24H25F4N7O3.2C2H4O2/c1-11(2)34-22-23(38)35(18(9-33-22)12-3-14(24(26,27)28)6-15(29)4-12)10-20(37)32-8-13-5-19(36)16(21(30)31)7-17(13)25;2*1-2(3)4/h3-7,9,11,36H,8,10,29H2,1-2H3,(H3,30,31)(H,32,37)(H,33,34);2*1H3,(H,3,4). The van der Waals surface area contributed by atoms with Crippen molar-refractivity contribution in [3.05, 3.63) is 69.4 Å². The van der Waals surface area contributed by atoms with Gasteiger partial charge in [0, 0.05) is 43.2 Å². The third-order valence-electron chi connectivity index (χ3n) is 5.29. The Labute approximate surface area is 259 Å². The fraction of sp³-hybridized carbons (Fsp3) is 0.286. The predicted molar refractivity (Wildman–Crippen MR) is 160 cm³/mol. The summed E-state index contributed by atoms with van der Waals surface area (Å²) in [7, 11) is 0. The number of aromatic nitrogens is 2. The van der Waals surface area contributed by atoms with E-state index in [2.05, 4.69) is 15.6 Å². The van der Waals surface area contributed by atoms with Gasteiger partial charge in [0.1, 0.15) is 23.9 Å². The molecule has 0 saturated carbocycles. The first-order valence-electron chi connectivity index (χ1n) is 13.0. The molecule has 10 N–H and O–H groups in total. The van der Waals surface area contributed by atoms with Crippen LogP contribution in [-0.2, 0) is 33.6 Å². The smallest absolute Gasteiger partial charge is 0.416 e. The molecule has 0 fully saturated rings. The first-order valence-corrected chi connectivity index (χ1v) is 13.0. The van der Waals surface area contributed by atoms with Gasteiger partial charge in [-0.05, 0) is 44.2 Å². The van der Waals surface area contributed by atoms with E-state index in [-0.39, 0.29) is 39.9 Å². The lowest BCUT2D eigenvalue weighted by molar-refractivity contribution is -0.137. The largest absolute Gasteiger partial charge is 0.507 e. The van der Waals surface area contributed by atoms with Crippen molar-refractivity contribution in [2.45, 2.75) is 53.0 Å². The number of nitrogens with two attached hydrogens (primary N) is 2. The minimum Gasteiger partial charge on any atom is -0.507 e. The Morgan fingerprint density at radius 1 is 1.07 bits per heavy atom. The van der Waals surface area contributed by atoms with Gasteiger partial charge in [0.05, 0.1) is 23.0 Å². The second-order valence-corrected chi connectivity index (χ2v) is 9.71. The van der Waals surface area contributed by atoms with E-state index in [0.29, 0.717) is 0 Å². The minimum absolute atomic E-state index is 0.0957. The summed E-state index contributed by atoms with van der Waals surface area (Å²) < 4.78 is 55.4. The summed E-state index contributed by atoms with van der Waals surface area (Å²) in [5.74, 6) is -4.46. The molecule has 1 aromatic heterocycles. The van der Waals surface area contributed by atoms with Crippen molar-refractivity contribution in [3.8, 4) is 17.0 Å². The second kappa shape index (κ2) is 16.4. The number of amidine groups is 1. The molecule has 0 aliphatic carbocycles. The topological polar surface area (TPSA) is 247 Å². The summed E-state index contributed by atoms with van der Waals surface area (Å²) in [6.07, 6.45) is -3.57. The van der Waals surface area contributed by atoms with Gasteiger partial charge in [0.15, 0.2) is 5.82 Å². The van der Waals surface area contributed by atoms with Gasteiger partial charge in [0.25, 0.3) is 17.5 Å². The number of phenols is 1. The van der Waals surface area contributed by atoms with Gasteiger partial charge in [0.2, 0.25) is 5.91 Å². The lowest BCUT2D eigenvalue weighted by Gasteiger charge is -2.17. The predicted octanol–water partition coefficient (Wildman–Crippen LogP) is 2.96. The number of amides is 1. The van der Waals surface area contributed by atoms with Gasteiger partial charge in [-0.15, -0.1) is 0 Å². The Morgan fingerprint density at radius 3 is 2.13 bits per heavy atom. The Bertz CT molecular complexity index is 1640. The number of nitrogens with one attached hydrogen (secondary N) is 3. The number of benzene rings is 2. The molecule has 0 saturated heterocycles. The molecule has 0 atom stereocenters. The molecule has 1 amide bonds. The number of hydrogen-bond donors (Lipinski definition) is 8. The molecule has 14 nitrogen and oxygen atoms in total. The van der Waals surface area contributed by atoms with Gasteiger partial charge in [-0.3, -0.25) is 29.2 Å². The number of hydrogen-bond acceptors (Lipinski definition) is 9. The average Bonchev–Trinajstić information content (AvgIpc) is 2.89. The Balaban J connectivity index is 0.00000118. The van der Waals surface area contributed by atoms with Crippen LogP contribution < -0.4 is 27.7 Å². The van der Waals surface area contributed by atoms with Gasteiger partial charge in [-0.25, -0.2) is 9.37 Å². The maximum absolute atomic E-state index is 14.4. The Hall–Kier alpha value is -5.68. The van der Waals surface area contributed by atoms with Crippen LogP contribution in [0.15, 0.2) is 41.3 Å². The van der Waals surface area contributed by atoms with Crippen LogP contribution in [0.5, 0.6) is 5.75 Å². The highest BCUT2D eigenvalue weighted by atomic mass is 19.4. The molecule has 0 aliphatic heterocycles. The molecule has 2 aromatic carbocycles. The van der Waals surface area contributed by atoms with E-state index in [0.717, 1.165) is 48.9 Å². The highest BCUT2D eigenvalue weighted by Crippen LogP contribution is 2.34. The number of carboxylic acid groups (broad SMARTS) is 2. The van der Waals surface area contributed by atoms with Gasteiger partial charge in [-0.2, -0.15) is 13.2 Å². The molecule has 0 radical (unpaired) electrons. The van der Waals surface area contributed by atoms with Crippen LogP contribution in [0.3, 0.4) is 0 Å². The molecule has 0 spiro atoms. The first-order chi connectivity index (χ1) is 21.1. The molecule has 18 heteroatoms. The third-order valence-corrected chi connectivity index (χ3v) is 5.29. The van der Waals surface area contributed by atoms with E-state index in [4.69, 9.17) is 36.7 Å². The molecule has 3 aromatic rings. The quantitative estimate of drug-likeness (QED) is 0.0758. The number of carboxylic acids is 2. The summed E-state index contributed by atoms with van der Waals surface area (Å²) in [6, 6.07) is 4.35. The highest BCUT2D eigenvalue weighted by molar-refractivity contribution is 5.97. The number of phenolic OH excluding ortho intramolecular Hbond substituents is 1. The number of anilines is 2. The van der Waals surface area contributed by atoms with Crippen molar-refractivity contribution in [1.29, 1.82) is 5.41 Å². The van der Waals surface area contributed by atoms with Crippen LogP contribution in [0, 0.1) is 11.2 Å². The number of nitrogen functional groups attached to an aromatic ring is 2. The fourth-order valence-corrected chi connectivity index (χ4v) is 3.56. The maximum Gasteiger partial charge on any atom is 0.416 e. The van der Waals surface area contributed by atoms with Crippen molar-refractivity contribution >= 4 is 35.2 Å². The van der Waals surface area contributed by atoms with Crippen molar-refractivity contribution in [3.63, 3.8) is 0 Å². The summed E-state index contributed by atoms with van der Waals surface area (Å²) >= 11 is 0. The number of carbonyl (C=O) groups is 3. The molecule has 0 aliphatic rings. The van der Waals surface area contributed by atoms with Crippen molar-refractivity contribution in [2.75, 3.05) is 11.1 Å².